The Bertz CT molecular complexity index is 741. The number of aliphatic carboxylic acids is 1. The van der Waals surface area contributed by atoms with Crippen molar-refractivity contribution >= 4 is 17.3 Å². The lowest BCUT2D eigenvalue weighted by Crippen LogP contribution is -2.33. The maximum absolute atomic E-state index is 10.8. The highest BCUT2D eigenvalue weighted by atomic mass is 32.1. The molecule has 26 heavy (non-hydrogen) atoms. The summed E-state index contributed by atoms with van der Waals surface area (Å²) in [7, 11) is 1.62. The van der Waals surface area contributed by atoms with E-state index in [1.807, 2.05) is 18.2 Å². The second-order valence-corrected chi connectivity index (χ2v) is 7.19. The molecular formula is C19H24N2O4S. The summed E-state index contributed by atoms with van der Waals surface area (Å²) < 4.78 is 11.4. The van der Waals surface area contributed by atoms with Gasteiger partial charge in [0.1, 0.15) is 11.6 Å². The standard InChI is InChI=1S/C19H24N2O4S/c1-24-17-11-14(19-20-15(13-26-19)12-18(22)23)5-6-16(17)25-10-9-21-7-3-2-4-8-21/h5-6,11,13H,2-4,7-10,12H2,1H3,(H,22,23). The lowest BCUT2D eigenvalue weighted by molar-refractivity contribution is -0.136. The Morgan fingerprint density at radius 2 is 2.08 bits per heavy atom. The summed E-state index contributed by atoms with van der Waals surface area (Å²) >= 11 is 1.43. The highest BCUT2D eigenvalue weighted by Gasteiger charge is 2.13. The molecule has 0 atom stereocenters. The summed E-state index contributed by atoms with van der Waals surface area (Å²) in [5.74, 6) is 0.503. The summed E-state index contributed by atoms with van der Waals surface area (Å²) in [5.41, 5.74) is 1.46. The number of nitrogens with zero attached hydrogens (tertiary/aromatic N) is 2. The highest BCUT2D eigenvalue weighted by molar-refractivity contribution is 7.13. The normalized spacial score (nSPS) is 15.0. The predicted molar refractivity (Wildman–Crippen MR) is 101 cm³/mol. The highest BCUT2D eigenvalue weighted by Crippen LogP contribution is 2.34. The quantitative estimate of drug-likeness (QED) is 0.762. The number of aromatic nitrogens is 1. The molecule has 1 saturated heterocycles. The molecule has 1 aliphatic rings. The van der Waals surface area contributed by atoms with E-state index in [2.05, 4.69) is 9.88 Å². The van der Waals surface area contributed by atoms with Gasteiger partial charge < -0.3 is 14.6 Å². The topological polar surface area (TPSA) is 71.9 Å². The van der Waals surface area contributed by atoms with E-state index in [0.717, 1.165) is 36.0 Å². The van der Waals surface area contributed by atoms with Gasteiger partial charge in [-0.3, -0.25) is 9.69 Å². The first-order valence-electron chi connectivity index (χ1n) is 8.85. The minimum atomic E-state index is -0.878. The van der Waals surface area contributed by atoms with Crippen LogP contribution in [0.5, 0.6) is 11.5 Å². The summed E-state index contributed by atoms with van der Waals surface area (Å²) in [4.78, 5) is 17.6. The van der Waals surface area contributed by atoms with E-state index < -0.39 is 5.97 Å². The van der Waals surface area contributed by atoms with Crippen LogP contribution >= 0.6 is 11.3 Å². The van der Waals surface area contributed by atoms with Crippen LogP contribution in [0.3, 0.4) is 0 Å². The SMILES string of the molecule is COc1cc(-c2nc(CC(=O)O)cs2)ccc1OCCN1CCCCC1. The van der Waals surface area contributed by atoms with Crippen molar-refractivity contribution in [2.75, 3.05) is 33.4 Å². The van der Waals surface area contributed by atoms with Crippen LogP contribution in [0.4, 0.5) is 0 Å². The molecule has 0 radical (unpaired) electrons. The van der Waals surface area contributed by atoms with Crippen LogP contribution in [0.15, 0.2) is 23.6 Å². The van der Waals surface area contributed by atoms with E-state index in [0.29, 0.717) is 18.1 Å². The number of hydrogen-bond donors (Lipinski definition) is 1. The summed E-state index contributed by atoms with van der Waals surface area (Å²) in [5, 5.41) is 11.4. The van der Waals surface area contributed by atoms with E-state index in [4.69, 9.17) is 14.6 Å². The maximum atomic E-state index is 10.8. The molecule has 0 unspecified atom stereocenters. The molecule has 2 heterocycles. The Kier molecular flexibility index (Phi) is 6.46. The Labute approximate surface area is 157 Å². The molecule has 0 spiro atoms. The first kappa shape index (κ1) is 18.7. The van der Waals surface area contributed by atoms with Gasteiger partial charge >= 0.3 is 5.97 Å². The second-order valence-electron chi connectivity index (χ2n) is 6.33. The average Bonchev–Trinajstić information content (AvgIpc) is 3.10. The molecule has 1 fully saturated rings. The summed E-state index contributed by atoms with van der Waals surface area (Å²) in [6.07, 6.45) is 3.81. The lowest BCUT2D eigenvalue weighted by atomic mass is 10.1. The summed E-state index contributed by atoms with van der Waals surface area (Å²) in [6.45, 7) is 3.87. The van der Waals surface area contributed by atoms with Gasteiger partial charge in [0.15, 0.2) is 11.5 Å². The van der Waals surface area contributed by atoms with Gasteiger partial charge in [0.05, 0.1) is 19.2 Å². The number of carboxylic acid groups (broad SMARTS) is 1. The Hall–Kier alpha value is -2.12. The molecule has 0 amide bonds. The number of benzene rings is 1. The third kappa shape index (κ3) is 4.95. The van der Waals surface area contributed by atoms with Gasteiger partial charge in [-0.2, -0.15) is 0 Å². The lowest BCUT2D eigenvalue weighted by Gasteiger charge is -2.26. The first-order chi connectivity index (χ1) is 12.7. The smallest absolute Gasteiger partial charge is 0.309 e. The van der Waals surface area contributed by atoms with Crippen LogP contribution in [0.2, 0.25) is 0 Å². The van der Waals surface area contributed by atoms with Crippen LogP contribution in [0.25, 0.3) is 10.6 Å². The Balaban J connectivity index is 1.63. The van der Waals surface area contributed by atoms with Crippen LogP contribution < -0.4 is 9.47 Å². The van der Waals surface area contributed by atoms with Crippen molar-refractivity contribution in [1.29, 1.82) is 0 Å². The minimum absolute atomic E-state index is 0.0642. The fourth-order valence-electron chi connectivity index (χ4n) is 3.06. The predicted octanol–water partition coefficient (Wildman–Crippen LogP) is 3.31. The summed E-state index contributed by atoms with van der Waals surface area (Å²) in [6, 6.07) is 5.71. The zero-order valence-corrected chi connectivity index (χ0v) is 15.8. The number of rotatable bonds is 8. The van der Waals surface area contributed by atoms with Gasteiger partial charge in [-0.1, -0.05) is 6.42 Å². The van der Waals surface area contributed by atoms with Gasteiger partial charge in [0.25, 0.3) is 0 Å². The molecule has 2 aromatic rings. The molecule has 0 aliphatic carbocycles. The molecule has 1 aromatic carbocycles. The van der Waals surface area contributed by atoms with Gasteiger partial charge in [-0.25, -0.2) is 4.98 Å². The fraction of sp³-hybridized carbons (Fsp3) is 0.474. The number of methoxy groups -OCH3 is 1. The second kappa shape index (κ2) is 9.00. The zero-order valence-electron chi connectivity index (χ0n) is 14.9. The largest absolute Gasteiger partial charge is 0.493 e. The maximum Gasteiger partial charge on any atom is 0.309 e. The van der Waals surface area contributed by atoms with Gasteiger partial charge in [0, 0.05) is 17.5 Å². The molecule has 1 aliphatic heterocycles. The Morgan fingerprint density at radius 3 is 2.81 bits per heavy atom. The molecule has 0 bridgehead atoms. The molecule has 140 valence electrons. The number of thiazole rings is 1. The van der Waals surface area contributed by atoms with Gasteiger partial charge in [0.2, 0.25) is 0 Å². The monoisotopic (exact) mass is 376 g/mol. The van der Waals surface area contributed by atoms with Crippen molar-refractivity contribution < 1.29 is 19.4 Å². The number of piperidine rings is 1. The van der Waals surface area contributed by atoms with Crippen LogP contribution in [0.1, 0.15) is 25.0 Å². The van der Waals surface area contributed by atoms with Crippen molar-refractivity contribution in [3.05, 3.63) is 29.3 Å². The van der Waals surface area contributed by atoms with Crippen molar-refractivity contribution in [3.63, 3.8) is 0 Å². The molecule has 6 nitrogen and oxygen atoms in total. The van der Waals surface area contributed by atoms with E-state index in [9.17, 15) is 4.79 Å². The van der Waals surface area contributed by atoms with Gasteiger partial charge in [-0.05, 0) is 44.1 Å². The number of likely N-dealkylation sites (tertiary alicyclic amines) is 1. The molecular weight excluding hydrogens is 352 g/mol. The molecule has 1 aromatic heterocycles. The van der Waals surface area contributed by atoms with Gasteiger partial charge in [-0.15, -0.1) is 11.3 Å². The Morgan fingerprint density at radius 1 is 1.27 bits per heavy atom. The average molecular weight is 376 g/mol. The van der Waals surface area contributed by atoms with Crippen LogP contribution in [-0.2, 0) is 11.2 Å². The van der Waals surface area contributed by atoms with E-state index in [1.165, 1.54) is 30.6 Å². The molecule has 0 saturated carbocycles. The number of carboxylic acids is 1. The number of hydrogen-bond acceptors (Lipinski definition) is 6. The van der Waals surface area contributed by atoms with E-state index in [-0.39, 0.29) is 6.42 Å². The third-order valence-corrected chi connectivity index (χ3v) is 5.35. The third-order valence-electron chi connectivity index (χ3n) is 4.41. The molecule has 7 heteroatoms. The zero-order chi connectivity index (χ0) is 18.4. The van der Waals surface area contributed by atoms with Crippen molar-refractivity contribution in [2.24, 2.45) is 0 Å². The minimum Gasteiger partial charge on any atom is -0.493 e. The van der Waals surface area contributed by atoms with Crippen molar-refractivity contribution in [3.8, 4) is 22.1 Å². The van der Waals surface area contributed by atoms with Crippen molar-refractivity contribution in [2.45, 2.75) is 25.7 Å². The van der Waals surface area contributed by atoms with Crippen molar-refractivity contribution in [1.82, 2.24) is 9.88 Å². The molecule has 3 rings (SSSR count). The fourth-order valence-corrected chi connectivity index (χ4v) is 3.88. The van der Waals surface area contributed by atoms with E-state index in [1.54, 1.807) is 12.5 Å². The molecule has 1 N–H and O–H groups in total. The number of carbonyl (C=O) groups is 1. The van der Waals surface area contributed by atoms with Crippen LogP contribution in [-0.4, -0.2) is 54.3 Å². The van der Waals surface area contributed by atoms with E-state index >= 15 is 0 Å². The van der Waals surface area contributed by atoms with Crippen LogP contribution in [0, 0.1) is 0 Å². The number of ether oxygens (including phenoxy) is 2. The first-order valence-corrected chi connectivity index (χ1v) is 9.73.